The number of anilines is 2. The number of aryl methyl sites for hydroxylation is 2. The predicted molar refractivity (Wildman–Crippen MR) is 115 cm³/mol. The van der Waals surface area contributed by atoms with Gasteiger partial charge in [0.05, 0.1) is 29.2 Å². The van der Waals surface area contributed by atoms with Crippen molar-refractivity contribution in [3.8, 4) is 22.9 Å². The number of nitriles is 1. The van der Waals surface area contributed by atoms with Crippen molar-refractivity contribution in [2.24, 2.45) is 7.05 Å². The minimum absolute atomic E-state index is 0.177. The Kier molecular flexibility index (Phi) is 4.14. The van der Waals surface area contributed by atoms with E-state index >= 15 is 0 Å². The zero-order valence-corrected chi connectivity index (χ0v) is 17.1. The number of aromatic nitrogens is 5. The average Bonchev–Trinajstić information content (AvgIpc) is 3.34. The molecule has 0 bridgehead atoms. The van der Waals surface area contributed by atoms with Gasteiger partial charge in [0.15, 0.2) is 0 Å². The van der Waals surface area contributed by atoms with Crippen LogP contribution in [0.2, 0.25) is 0 Å². The second-order valence-electron chi connectivity index (χ2n) is 7.72. The molecule has 1 atom stereocenters. The molecule has 1 aliphatic heterocycles. The zero-order chi connectivity index (χ0) is 20.8. The van der Waals surface area contributed by atoms with E-state index in [1.165, 1.54) is 0 Å². The molecule has 0 saturated heterocycles. The van der Waals surface area contributed by atoms with E-state index in [4.69, 9.17) is 0 Å². The minimum atomic E-state index is 0.177. The van der Waals surface area contributed by atoms with E-state index < -0.39 is 0 Å². The summed E-state index contributed by atoms with van der Waals surface area (Å²) in [7, 11) is 1.92. The van der Waals surface area contributed by atoms with Gasteiger partial charge in [0.25, 0.3) is 0 Å². The van der Waals surface area contributed by atoms with Gasteiger partial charge in [-0.05, 0) is 48.9 Å². The van der Waals surface area contributed by atoms with Crippen LogP contribution in [0.5, 0.6) is 0 Å². The summed E-state index contributed by atoms with van der Waals surface area (Å²) >= 11 is 0. The molecule has 30 heavy (non-hydrogen) atoms. The molecule has 0 amide bonds. The lowest BCUT2D eigenvalue weighted by molar-refractivity contribution is 0.696. The SMILES string of the molecule is Cc1nnc2n1-c1ccc(-c3cnn(C)c3)cc1N(c1ccc(C#N)cc1)C[C@H]2C. The van der Waals surface area contributed by atoms with Crippen LogP contribution in [0.25, 0.3) is 16.8 Å². The monoisotopic (exact) mass is 395 g/mol. The Morgan fingerprint density at radius 3 is 2.53 bits per heavy atom. The highest BCUT2D eigenvalue weighted by Crippen LogP contribution is 2.40. The Bertz CT molecular complexity index is 1270. The third-order valence-electron chi connectivity index (χ3n) is 5.60. The number of rotatable bonds is 2. The maximum atomic E-state index is 9.18. The van der Waals surface area contributed by atoms with Crippen molar-refractivity contribution in [2.75, 3.05) is 11.4 Å². The molecule has 0 saturated carbocycles. The van der Waals surface area contributed by atoms with E-state index in [1.54, 1.807) is 0 Å². The summed E-state index contributed by atoms with van der Waals surface area (Å²) in [6.07, 6.45) is 3.89. The van der Waals surface area contributed by atoms with Crippen molar-refractivity contribution in [3.63, 3.8) is 0 Å². The van der Waals surface area contributed by atoms with E-state index in [1.807, 2.05) is 55.3 Å². The van der Waals surface area contributed by atoms with Crippen molar-refractivity contribution in [3.05, 3.63) is 72.1 Å². The maximum Gasteiger partial charge on any atom is 0.142 e. The van der Waals surface area contributed by atoms with Crippen LogP contribution >= 0.6 is 0 Å². The lowest BCUT2D eigenvalue weighted by Gasteiger charge is -2.27. The van der Waals surface area contributed by atoms with Crippen LogP contribution < -0.4 is 4.90 Å². The predicted octanol–water partition coefficient (Wildman–Crippen LogP) is 4.10. The van der Waals surface area contributed by atoms with Crippen molar-refractivity contribution in [2.45, 2.75) is 19.8 Å². The van der Waals surface area contributed by atoms with Crippen LogP contribution in [0.3, 0.4) is 0 Å². The summed E-state index contributed by atoms with van der Waals surface area (Å²) in [4.78, 5) is 2.30. The van der Waals surface area contributed by atoms with Gasteiger partial charge in [-0.25, -0.2) is 0 Å². The first kappa shape index (κ1) is 18.1. The van der Waals surface area contributed by atoms with Gasteiger partial charge in [-0.15, -0.1) is 10.2 Å². The van der Waals surface area contributed by atoms with Gasteiger partial charge in [-0.1, -0.05) is 13.0 Å². The average molecular weight is 395 g/mol. The highest BCUT2D eigenvalue weighted by molar-refractivity contribution is 5.79. The Morgan fingerprint density at radius 2 is 1.83 bits per heavy atom. The molecule has 4 aromatic rings. The summed E-state index contributed by atoms with van der Waals surface area (Å²) in [6, 6.07) is 16.4. The smallest absolute Gasteiger partial charge is 0.142 e. The summed E-state index contributed by atoms with van der Waals surface area (Å²) < 4.78 is 3.96. The normalized spacial score (nSPS) is 15.3. The fourth-order valence-electron chi connectivity index (χ4n) is 4.09. The second kappa shape index (κ2) is 6.85. The highest BCUT2D eigenvalue weighted by Gasteiger charge is 2.28. The molecule has 7 heteroatoms. The molecule has 2 aromatic carbocycles. The summed E-state index contributed by atoms with van der Waals surface area (Å²) in [5.74, 6) is 2.00. The number of hydrogen-bond acceptors (Lipinski definition) is 5. The van der Waals surface area contributed by atoms with Crippen LogP contribution in [-0.4, -0.2) is 31.1 Å². The molecule has 0 N–H and O–H groups in total. The molecule has 7 nitrogen and oxygen atoms in total. The molecule has 2 aromatic heterocycles. The molecule has 0 radical (unpaired) electrons. The molecular weight excluding hydrogens is 374 g/mol. The first-order valence-corrected chi connectivity index (χ1v) is 9.88. The van der Waals surface area contributed by atoms with Gasteiger partial charge >= 0.3 is 0 Å². The minimum Gasteiger partial charge on any atom is -0.339 e. The third kappa shape index (κ3) is 2.85. The first-order valence-electron chi connectivity index (χ1n) is 9.88. The summed E-state index contributed by atoms with van der Waals surface area (Å²) in [5.41, 5.74) is 5.99. The topological polar surface area (TPSA) is 75.6 Å². The van der Waals surface area contributed by atoms with Crippen LogP contribution in [0.1, 0.15) is 30.1 Å². The lowest BCUT2D eigenvalue weighted by Crippen LogP contribution is -2.22. The van der Waals surface area contributed by atoms with Gasteiger partial charge in [-0.2, -0.15) is 10.4 Å². The molecule has 0 fully saturated rings. The molecule has 5 rings (SSSR count). The lowest BCUT2D eigenvalue weighted by atomic mass is 10.1. The third-order valence-corrected chi connectivity index (χ3v) is 5.60. The molecule has 148 valence electrons. The van der Waals surface area contributed by atoms with Crippen LogP contribution in [0.4, 0.5) is 11.4 Å². The van der Waals surface area contributed by atoms with E-state index in [9.17, 15) is 5.26 Å². The van der Waals surface area contributed by atoms with E-state index in [0.717, 1.165) is 46.4 Å². The van der Waals surface area contributed by atoms with Gasteiger partial charge in [0.1, 0.15) is 11.6 Å². The molecule has 0 spiro atoms. The Morgan fingerprint density at radius 1 is 1.03 bits per heavy atom. The number of hydrogen-bond donors (Lipinski definition) is 0. The standard InChI is InChI=1S/C23H21N7/c1-15-13-29(20-7-4-17(11-24)5-8-20)22-10-18(19-12-25-28(3)14-19)6-9-21(22)30-16(2)26-27-23(15)30/h4-10,12,14-15H,13H2,1-3H3/t15-/m1/s1. The number of benzene rings is 2. The Hall–Kier alpha value is -3.92. The highest BCUT2D eigenvalue weighted by atomic mass is 15.3. The van der Waals surface area contributed by atoms with Gasteiger partial charge in [-0.3, -0.25) is 9.25 Å². The van der Waals surface area contributed by atoms with Crippen LogP contribution in [0, 0.1) is 18.3 Å². The van der Waals surface area contributed by atoms with Gasteiger partial charge in [0, 0.05) is 37.0 Å². The van der Waals surface area contributed by atoms with E-state index in [0.29, 0.717) is 5.56 Å². The fourth-order valence-corrected chi connectivity index (χ4v) is 4.09. The molecule has 1 aliphatic rings. The van der Waals surface area contributed by atoms with Crippen LogP contribution in [-0.2, 0) is 7.05 Å². The molecule has 0 unspecified atom stereocenters. The van der Waals surface area contributed by atoms with Gasteiger partial charge in [0.2, 0.25) is 0 Å². The molecule has 0 aliphatic carbocycles. The fraction of sp³-hybridized carbons (Fsp3) is 0.217. The van der Waals surface area contributed by atoms with E-state index in [-0.39, 0.29) is 5.92 Å². The van der Waals surface area contributed by atoms with Crippen molar-refractivity contribution in [1.29, 1.82) is 5.26 Å². The van der Waals surface area contributed by atoms with Crippen LogP contribution in [0.15, 0.2) is 54.9 Å². The summed E-state index contributed by atoms with van der Waals surface area (Å²) in [5, 5.41) is 22.3. The Labute approximate surface area is 174 Å². The van der Waals surface area contributed by atoms with E-state index in [2.05, 4.69) is 56.0 Å². The van der Waals surface area contributed by atoms with Gasteiger partial charge < -0.3 is 4.90 Å². The number of nitrogens with zero attached hydrogens (tertiary/aromatic N) is 7. The first-order chi connectivity index (χ1) is 14.5. The molecule has 3 heterocycles. The largest absolute Gasteiger partial charge is 0.339 e. The van der Waals surface area contributed by atoms with Crippen molar-refractivity contribution < 1.29 is 0 Å². The maximum absolute atomic E-state index is 9.18. The van der Waals surface area contributed by atoms with Crippen molar-refractivity contribution in [1.82, 2.24) is 24.5 Å². The zero-order valence-electron chi connectivity index (χ0n) is 17.1. The second-order valence-corrected chi connectivity index (χ2v) is 7.72. The summed E-state index contributed by atoms with van der Waals surface area (Å²) in [6.45, 7) is 4.91. The molecular formula is C23H21N7. The number of fused-ring (bicyclic) bond motifs is 3. The quantitative estimate of drug-likeness (QED) is 0.511. The van der Waals surface area contributed by atoms with Crippen molar-refractivity contribution >= 4 is 11.4 Å². The Balaban J connectivity index is 1.73.